The fraction of sp³-hybridized carbons (Fsp3) is 0.632. The largest absolute Gasteiger partial charge is 0.490 e. The van der Waals surface area contributed by atoms with Gasteiger partial charge < -0.3 is 23.8 Å². The minimum absolute atomic E-state index is 0.141. The third-order valence-corrected chi connectivity index (χ3v) is 3.83. The lowest BCUT2D eigenvalue weighted by Crippen LogP contribution is -2.32. The van der Waals surface area contributed by atoms with Crippen LogP contribution in [0.3, 0.4) is 0 Å². The number of nitrogens with zero attached hydrogens (tertiary/aromatic N) is 1. The molecule has 0 bridgehead atoms. The first-order chi connectivity index (χ1) is 12.0. The molecule has 1 fully saturated rings. The summed E-state index contributed by atoms with van der Waals surface area (Å²) in [6.45, 7) is 10.6. The van der Waals surface area contributed by atoms with Gasteiger partial charge in [-0.25, -0.2) is 4.79 Å². The molecule has 1 saturated heterocycles. The molecule has 0 radical (unpaired) electrons. The molecule has 1 heterocycles. The molecule has 1 amide bonds. The maximum absolute atomic E-state index is 11.7. The van der Waals surface area contributed by atoms with E-state index in [2.05, 4.69) is 0 Å². The summed E-state index contributed by atoms with van der Waals surface area (Å²) in [7, 11) is 0. The lowest BCUT2D eigenvalue weighted by atomic mass is 10.2. The fourth-order valence-corrected chi connectivity index (χ4v) is 2.45. The highest BCUT2D eigenvalue weighted by atomic mass is 16.6. The van der Waals surface area contributed by atoms with Crippen molar-refractivity contribution in [1.82, 2.24) is 4.90 Å². The van der Waals surface area contributed by atoms with Crippen molar-refractivity contribution in [1.29, 1.82) is 0 Å². The second-order valence-corrected chi connectivity index (χ2v) is 6.68. The lowest BCUT2D eigenvalue weighted by molar-refractivity contribution is 0.0143. The van der Waals surface area contributed by atoms with Crippen molar-refractivity contribution in [2.75, 3.05) is 26.4 Å². The molecule has 0 N–H and O–H groups in total. The molecule has 1 unspecified atom stereocenters. The number of carbonyl (C=O) groups is 1. The van der Waals surface area contributed by atoms with Crippen molar-refractivity contribution < 1.29 is 23.7 Å². The smallest absolute Gasteiger partial charge is 0.410 e. The predicted octanol–water partition coefficient (Wildman–Crippen LogP) is 3.24. The van der Waals surface area contributed by atoms with Crippen LogP contribution in [0.2, 0.25) is 0 Å². The summed E-state index contributed by atoms with van der Waals surface area (Å²) in [5, 5.41) is 0. The molecule has 140 valence electrons. The Morgan fingerprint density at radius 1 is 1.16 bits per heavy atom. The molecule has 1 atom stereocenters. The Balaban J connectivity index is 1.68. The number of hydrogen-bond donors (Lipinski definition) is 0. The number of carbonyl (C=O) groups excluding carboxylic acids is 1. The van der Waals surface area contributed by atoms with Gasteiger partial charge >= 0.3 is 6.09 Å². The van der Waals surface area contributed by atoms with E-state index >= 15 is 0 Å². The average Bonchev–Trinajstić information content (AvgIpc) is 2.94. The van der Waals surface area contributed by atoms with E-state index < -0.39 is 0 Å². The zero-order chi connectivity index (χ0) is 18.2. The van der Waals surface area contributed by atoms with E-state index in [9.17, 15) is 4.79 Å². The Labute approximate surface area is 150 Å². The zero-order valence-corrected chi connectivity index (χ0v) is 15.6. The third kappa shape index (κ3) is 6.55. The highest BCUT2D eigenvalue weighted by molar-refractivity contribution is 5.70. The van der Waals surface area contributed by atoms with Gasteiger partial charge in [0.2, 0.25) is 0 Å². The van der Waals surface area contributed by atoms with Crippen LogP contribution < -0.4 is 4.74 Å². The van der Waals surface area contributed by atoms with Gasteiger partial charge in [0.05, 0.1) is 32.5 Å². The minimum Gasteiger partial charge on any atom is -0.490 e. The summed E-state index contributed by atoms with van der Waals surface area (Å²) >= 11 is 0. The number of hydrogen-bond acceptors (Lipinski definition) is 5. The quantitative estimate of drug-likeness (QED) is 0.606. The summed E-state index contributed by atoms with van der Waals surface area (Å²) in [4.78, 5) is 13.4. The Hall–Kier alpha value is -1.79. The van der Waals surface area contributed by atoms with Crippen LogP contribution in [0.15, 0.2) is 24.3 Å². The Morgan fingerprint density at radius 2 is 1.88 bits per heavy atom. The van der Waals surface area contributed by atoms with E-state index in [-0.39, 0.29) is 24.3 Å². The molecule has 6 heteroatoms. The van der Waals surface area contributed by atoms with Crippen LogP contribution in [0.1, 0.15) is 33.3 Å². The maximum atomic E-state index is 11.7. The number of rotatable bonds is 10. The number of ether oxygens (including phenoxy) is 4. The van der Waals surface area contributed by atoms with Crippen LogP contribution in [0.4, 0.5) is 4.79 Å². The highest BCUT2D eigenvalue weighted by Gasteiger charge is 2.33. The average molecular weight is 351 g/mol. The Kier molecular flexibility index (Phi) is 7.52. The van der Waals surface area contributed by atoms with Gasteiger partial charge in [0.25, 0.3) is 0 Å². The predicted molar refractivity (Wildman–Crippen MR) is 94.8 cm³/mol. The molecule has 1 aliphatic rings. The van der Waals surface area contributed by atoms with E-state index in [4.69, 9.17) is 18.9 Å². The molecule has 1 aromatic rings. The SMILES string of the molecule is CC(C)OCCOCc1ccc(OCC2CN(C(C)C)C(=O)O2)cc1. The molecule has 1 aromatic carbocycles. The molecule has 2 rings (SSSR count). The van der Waals surface area contributed by atoms with Crippen LogP contribution in [-0.2, 0) is 20.8 Å². The molecule has 6 nitrogen and oxygen atoms in total. The Bertz CT molecular complexity index is 529. The van der Waals surface area contributed by atoms with Gasteiger partial charge in [0.15, 0.2) is 6.10 Å². The van der Waals surface area contributed by atoms with E-state index in [1.54, 1.807) is 4.90 Å². The molecule has 0 aliphatic carbocycles. The van der Waals surface area contributed by atoms with Crippen molar-refractivity contribution in [2.45, 2.75) is 52.6 Å². The van der Waals surface area contributed by atoms with Crippen molar-refractivity contribution in [3.05, 3.63) is 29.8 Å². The van der Waals surface area contributed by atoms with E-state index in [0.29, 0.717) is 33.0 Å². The van der Waals surface area contributed by atoms with Gasteiger partial charge in [-0.1, -0.05) is 12.1 Å². The molecule has 1 aliphatic heterocycles. The van der Waals surface area contributed by atoms with E-state index in [1.165, 1.54) is 0 Å². The number of benzene rings is 1. The highest BCUT2D eigenvalue weighted by Crippen LogP contribution is 2.17. The summed E-state index contributed by atoms with van der Waals surface area (Å²) in [5.41, 5.74) is 1.08. The normalized spacial score (nSPS) is 17.4. The van der Waals surface area contributed by atoms with Crippen molar-refractivity contribution in [2.24, 2.45) is 0 Å². The van der Waals surface area contributed by atoms with Gasteiger partial charge in [-0.05, 0) is 45.4 Å². The number of amides is 1. The van der Waals surface area contributed by atoms with Crippen LogP contribution in [0, 0.1) is 0 Å². The van der Waals surface area contributed by atoms with Gasteiger partial charge in [-0.2, -0.15) is 0 Å². The first-order valence-electron chi connectivity index (χ1n) is 8.84. The van der Waals surface area contributed by atoms with Crippen molar-refractivity contribution in [3.8, 4) is 5.75 Å². The van der Waals surface area contributed by atoms with Crippen LogP contribution in [0.25, 0.3) is 0 Å². The standard InChI is InChI=1S/C19H29NO5/c1-14(2)20-11-18(25-19(20)21)13-24-17-7-5-16(6-8-17)12-22-9-10-23-15(3)4/h5-8,14-15,18H,9-13H2,1-4H3. The van der Waals surface area contributed by atoms with Crippen LogP contribution in [-0.4, -0.2) is 55.6 Å². The lowest BCUT2D eigenvalue weighted by Gasteiger charge is -2.16. The fourth-order valence-electron chi connectivity index (χ4n) is 2.45. The summed E-state index contributed by atoms with van der Waals surface area (Å²) < 4.78 is 22.0. The molecular weight excluding hydrogens is 322 g/mol. The maximum Gasteiger partial charge on any atom is 0.410 e. The first-order valence-corrected chi connectivity index (χ1v) is 8.84. The van der Waals surface area contributed by atoms with Crippen LogP contribution >= 0.6 is 0 Å². The summed E-state index contributed by atoms with van der Waals surface area (Å²) in [5.74, 6) is 0.755. The number of cyclic esters (lactones) is 1. The van der Waals surface area contributed by atoms with Crippen LogP contribution in [0.5, 0.6) is 5.75 Å². The second-order valence-electron chi connectivity index (χ2n) is 6.68. The molecule has 0 spiro atoms. The summed E-state index contributed by atoms with van der Waals surface area (Å²) in [6.07, 6.45) is -0.261. The minimum atomic E-state index is -0.266. The topological polar surface area (TPSA) is 57.2 Å². The monoisotopic (exact) mass is 351 g/mol. The molecule has 0 aromatic heterocycles. The Morgan fingerprint density at radius 3 is 2.48 bits per heavy atom. The zero-order valence-electron chi connectivity index (χ0n) is 15.6. The van der Waals surface area contributed by atoms with Gasteiger partial charge in [0, 0.05) is 6.04 Å². The van der Waals surface area contributed by atoms with Gasteiger partial charge in [-0.15, -0.1) is 0 Å². The van der Waals surface area contributed by atoms with E-state index in [1.807, 2.05) is 52.0 Å². The van der Waals surface area contributed by atoms with Gasteiger partial charge in [0.1, 0.15) is 12.4 Å². The van der Waals surface area contributed by atoms with Crippen molar-refractivity contribution >= 4 is 6.09 Å². The molecule has 25 heavy (non-hydrogen) atoms. The molecular formula is C19H29NO5. The summed E-state index contributed by atoms with van der Waals surface area (Å²) in [6, 6.07) is 7.89. The van der Waals surface area contributed by atoms with Crippen molar-refractivity contribution in [3.63, 3.8) is 0 Å². The van der Waals surface area contributed by atoms with Gasteiger partial charge in [-0.3, -0.25) is 0 Å². The third-order valence-electron chi connectivity index (χ3n) is 3.83. The first kappa shape index (κ1) is 19.5. The molecule has 0 saturated carbocycles. The van der Waals surface area contributed by atoms with E-state index in [0.717, 1.165) is 11.3 Å². The second kappa shape index (κ2) is 9.63.